The number of hydrogen-bond acceptors (Lipinski definition) is 6. The highest BCUT2D eigenvalue weighted by Gasteiger charge is 2.20. The first-order valence-corrected chi connectivity index (χ1v) is 9.45. The molecule has 0 radical (unpaired) electrons. The second-order valence-corrected chi connectivity index (χ2v) is 6.86. The fraction of sp³-hybridized carbons (Fsp3) is 0.182. The minimum absolute atomic E-state index is 0.0988. The van der Waals surface area contributed by atoms with Crippen molar-refractivity contribution < 1.29 is 28.4 Å². The van der Waals surface area contributed by atoms with E-state index in [4.69, 9.17) is 9.47 Å². The Labute approximate surface area is 182 Å². The van der Waals surface area contributed by atoms with Gasteiger partial charge in [-0.05, 0) is 50.2 Å². The normalized spacial score (nSPS) is 10.5. The van der Waals surface area contributed by atoms with Crippen LogP contribution in [0.1, 0.15) is 21.7 Å². The van der Waals surface area contributed by atoms with Gasteiger partial charge in [-0.3, -0.25) is 14.9 Å². The number of halogens is 1. The summed E-state index contributed by atoms with van der Waals surface area (Å²) in [6, 6.07) is 11.2. The van der Waals surface area contributed by atoms with Crippen LogP contribution in [0.4, 0.5) is 15.8 Å². The number of rotatable bonds is 7. The van der Waals surface area contributed by atoms with Crippen molar-refractivity contribution in [3.63, 3.8) is 0 Å². The van der Waals surface area contributed by atoms with Crippen molar-refractivity contribution in [2.24, 2.45) is 0 Å². The molecule has 1 heterocycles. The van der Waals surface area contributed by atoms with Crippen LogP contribution >= 0.6 is 0 Å². The number of nitrogens with one attached hydrogen (secondary N) is 1. The van der Waals surface area contributed by atoms with Gasteiger partial charge in [-0.15, -0.1) is 0 Å². The molecule has 0 aliphatic carbocycles. The summed E-state index contributed by atoms with van der Waals surface area (Å²) in [7, 11) is 1.31. The van der Waals surface area contributed by atoms with Crippen molar-refractivity contribution in [2.75, 3.05) is 19.0 Å². The Kier molecular flexibility index (Phi) is 6.53. The van der Waals surface area contributed by atoms with Crippen molar-refractivity contribution in [3.8, 4) is 11.4 Å². The van der Waals surface area contributed by atoms with Gasteiger partial charge in [-0.2, -0.15) is 0 Å². The van der Waals surface area contributed by atoms with Crippen LogP contribution in [0.3, 0.4) is 0 Å². The predicted molar refractivity (Wildman–Crippen MR) is 114 cm³/mol. The number of non-ortho nitro benzene ring substituents is 1. The highest BCUT2D eigenvalue weighted by Crippen LogP contribution is 2.29. The second-order valence-electron chi connectivity index (χ2n) is 6.86. The van der Waals surface area contributed by atoms with E-state index >= 15 is 0 Å². The molecule has 0 unspecified atom stereocenters. The van der Waals surface area contributed by atoms with Crippen LogP contribution in [0, 0.1) is 29.8 Å². The molecule has 0 atom stereocenters. The molecule has 0 saturated heterocycles. The summed E-state index contributed by atoms with van der Waals surface area (Å²) in [6.45, 7) is 2.94. The number of esters is 1. The van der Waals surface area contributed by atoms with Gasteiger partial charge in [0.05, 0.1) is 29.4 Å². The van der Waals surface area contributed by atoms with Crippen molar-refractivity contribution in [3.05, 3.63) is 81.4 Å². The number of methoxy groups -OCH3 is 1. The number of benzene rings is 2. The van der Waals surface area contributed by atoms with Gasteiger partial charge in [0.25, 0.3) is 11.6 Å². The molecule has 32 heavy (non-hydrogen) atoms. The summed E-state index contributed by atoms with van der Waals surface area (Å²) in [5.41, 5.74) is 2.28. The molecule has 1 amide bonds. The first kappa shape index (κ1) is 22.5. The highest BCUT2D eigenvalue weighted by atomic mass is 19.1. The maximum atomic E-state index is 13.2. The maximum absolute atomic E-state index is 13.2. The Morgan fingerprint density at radius 3 is 2.44 bits per heavy atom. The number of carbonyl (C=O) groups excluding carboxylic acids is 2. The zero-order valence-corrected chi connectivity index (χ0v) is 17.5. The van der Waals surface area contributed by atoms with Gasteiger partial charge < -0.3 is 19.4 Å². The Bertz CT molecular complexity index is 1190. The minimum atomic E-state index is -0.697. The number of ether oxygens (including phenoxy) is 2. The Hall–Kier alpha value is -4.21. The molecule has 9 nitrogen and oxygen atoms in total. The topological polar surface area (TPSA) is 113 Å². The van der Waals surface area contributed by atoms with E-state index in [0.29, 0.717) is 11.4 Å². The van der Waals surface area contributed by atoms with Crippen LogP contribution in [0.25, 0.3) is 5.69 Å². The average molecular weight is 441 g/mol. The van der Waals surface area contributed by atoms with E-state index in [-0.39, 0.29) is 28.5 Å². The zero-order valence-electron chi connectivity index (χ0n) is 17.5. The molecule has 10 heteroatoms. The summed E-state index contributed by atoms with van der Waals surface area (Å²) in [6.07, 6.45) is 0. The number of nitro groups is 1. The number of carbonyl (C=O) groups is 2. The molecule has 2 aromatic carbocycles. The van der Waals surface area contributed by atoms with Gasteiger partial charge in [0.2, 0.25) is 0 Å². The van der Waals surface area contributed by atoms with Crippen molar-refractivity contribution in [1.29, 1.82) is 0 Å². The quantitative estimate of drug-likeness (QED) is 0.338. The van der Waals surface area contributed by atoms with Crippen LogP contribution < -0.4 is 10.1 Å². The van der Waals surface area contributed by atoms with E-state index < -0.39 is 23.4 Å². The molecule has 1 N–H and O–H groups in total. The van der Waals surface area contributed by atoms with Crippen LogP contribution in [0.15, 0.2) is 48.5 Å². The zero-order chi connectivity index (χ0) is 23.4. The molecule has 0 bridgehead atoms. The molecule has 0 aliphatic rings. The van der Waals surface area contributed by atoms with Crippen LogP contribution in [0.5, 0.6) is 5.75 Å². The van der Waals surface area contributed by atoms with Gasteiger partial charge in [-0.1, -0.05) is 0 Å². The third-order valence-electron chi connectivity index (χ3n) is 4.74. The Balaban J connectivity index is 1.69. The molecular weight excluding hydrogens is 421 g/mol. The van der Waals surface area contributed by atoms with Crippen LogP contribution in [-0.4, -0.2) is 35.1 Å². The number of nitro benzene ring substituents is 1. The lowest BCUT2D eigenvalue weighted by Gasteiger charge is -2.11. The van der Waals surface area contributed by atoms with E-state index in [0.717, 1.165) is 5.69 Å². The van der Waals surface area contributed by atoms with Gasteiger partial charge in [0, 0.05) is 23.1 Å². The van der Waals surface area contributed by atoms with E-state index in [9.17, 15) is 24.1 Å². The average Bonchev–Trinajstić information content (AvgIpc) is 3.06. The van der Waals surface area contributed by atoms with Crippen molar-refractivity contribution >= 4 is 23.3 Å². The number of hydrogen-bond donors (Lipinski definition) is 1. The largest absolute Gasteiger partial charge is 0.494 e. The number of nitrogens with zero attached hydrogens (tertiary/aromatic N) is 2. The molecule has 0 fully saturated rings. The van der Waals surface area contributed by atoms with Crippen molar-refractivity contribution in [2.45, 2.75) is 13.8 Å². The Morgan fingerprint density at radius 2 is 1.81 bits per heavy atom. The van der Waals surface area contributed by atoms with Gasteiger partial charge in [0.15, 0.2) is 6.61 Å². The number of amides is 1. The van der Waals surface area contributed by atoms with Gasteiger partial charge >= 0.3 is 5.97 Å². The Morgan fingerprint density at radius 1 is 1.12 bits per heavy atom. The number of aryl methyl sites for hydroxylation is 1. The molecule has 1 aromatic heterocycles. The van der Waals surface area contributed by atoms with E-state index in [1.807, 2.05) is 0 Å². The third kappa shape index (κ3) is 4.75. The smallest absolute Gasteiger partial charge is 0.340 e. The monoisotopic (exact) mass is 441 g/mol. The molecule has 0 saturated carbocycles. The standard InChI is InChI=1S/C22H20FN3O6/c1-13-10-18(14(2)25(13)16-6-4-15(23)5-7-16)22(28)32-12-21(27)24-19-9-8-17(26(29)30)11-20(19)31-3/h4-11H,12H2,1-3H3,(H,24,27). The SMILES string of the molecule is COc1cc([N+](=O)[O-])ccc1NC(=O)COC(=O)c1cc(C)n(-c2ccc(F)cc2)c1C. The highest BCUT2D eigenvalue weighted by molar-refractivity contribution is 5.97. The predicted octanol–water partition coefficient (Wildman–Crippen LogP) is 3.95. The first-order valence-electron chi connectivity index (χ1n) is 9.45. The number of anilines is 1. The van der Waals surface area contributed by atoms with Gasteiger partial charge in [0.1, 0.15) is 11.6 Å². The lowest BCUT2D eigenvalue weighted by atomic mass is 10.2. The molecule has 166 valence electrons. The van der Waals surface area contributed by atoms with E-state index in [1.165, 1.54) is 37.4 Å². The maximum Gasteiger partial charge on any atom is 0.340 e. The van der Waals surface area contributed by atoms with Gasteiger partial charge in [-0.25, -0.2) is 9.18 Å². The summed E-state index contributed by atoms with van der Waals surface area (Å²) in [5.74, 6) is -1.61. The summed E-state index contributed by atoms with van der Waals surface area (Å²) >= 11 is 0. The second kappa shape index (κ2) is 9.29. The molecule has 0 aliphatic heterocycles. The molecule has 3 rings (SSSR count). The first-order chi connectivity index (χ1) is 15.2. The summed E-state index contributed by atoms with van der Waals surface area (Å²) in [4.78, 5) is 35.0. The van der Waals surface area contributed by atoms with E-state index in [2.05, 4.69) is 5.32 Å². The van der Waals surface area contributed by atoms with E-state index in [1.54, 1.807) is 36.6 Å². The minimum Gasteiger partial charge on any atom is -0.494 e. The summed E-state index contributed by atoms with van der Waals surface area (Å²) < 4.78 is 25.2. The fourth-order valence-corrected chi connectivity index (χ4v) is 3.25. The van der Waals surface area contributed by atoms with Crippen LogP contribution in [0.2, 0.25) is 0 Å². The number of aromatic nitrogens is 1. The molecule has 3 aromatic rings. The molecular formula is C22H20FN3O6. The van der Waals surface area contributed by atoms with Crippen LogP contribution in [-0.2, 0) is 9.53 Å². The van der Waals surface area contributed by atoms with Crippen molar-refractivity contribution in [1.82, 2.24) is 4.57 Å². The fourth-order valence-electron chi connectivity index (χ4n) is 3.25. The third-order valence-corrected chi connectivity index (χ3v) is 4.74. The lowest BCUT2D eigenvalue weighted by molar-refractivity contribution is -0.384. The summed E-state index contributed by atoms with van der Waals surface area (Å²) in [5, 5.41) is 13.4. The lowest BCUT2D eigenvalue weighted by Crippen LogP contribution is -2.21. The molecule has 0 spiro atoms.